The maximum absolute atomic E-state index is 11.4. The second kappa shape index (κ2) is 10.1. The molecular formula is C17H29N3O3. The van der Waals surface area contributed by atoms with Crippen LogP contribution in [0.15, 0.2) is 24.3 Å². The van der Waals surface area contributed by atoms with Crippen LogP contribution >= 0.6 is 0 Å². The zero-order valence-electron chi connectivity index (χ0n) is 14.5. The van der Waals surface area contributed by atoms with Crippen LogP contribution in [-0.2, 0) is 6.42 Å². The number of ether oxygens (including phenoxy) is 1. The summed E-state index contributed by atoms with van der Waals surface area (Å²) in [5, 5.41) is 15.8. The molecule has 0 bridgehead atoms. The van der Waals surface area contributed by atoms with Crippen LogP contribution in [0.1, 0.15) is 19.4 Å². The molecule has 0 aliphatic heterocycles. The van der Waals surface area contributed by atoms with Crippen molar-refractivity contribution in [1.29, 1.82) is 0 Å². The summed E-state index contributed by atoms with van der Waals surface area (Å²) >= 11 is 0. The Morgan fingerprint density at radius 2 is 2.09 bits per heavy atom. The first-order valence-electron chi connectivity index (χ1n) is 7.97. The first-order chi connectivity index (χ1) is 10.9. The van der Waals surface area contributed by atoms with Gasteiger partial charge in [0.25, 0.3) is 0 Å². The van der Waals surface area contributed by atoms with E-state index in [4.69, 9.17) is 4.74 Å². The summed E-state index contributed by atoms with van der Waals surface area (Å²) in [6.07, 6.45) is 0.189. The van der Waals surface area contributed by atoms with Crippen LogP contribution in [0.25, 0.3) is 0 Å². The molecule has 0 heterocycles. The molecule has 0 fully saturated rings. The highest BCUT2D eigenvalue weighted by atomic mass is 16.5. The number of nitrogens with zero attached hydrogens (tertiary/aromatic N) is 1. The molecule has 2 amide bonds. The molecule has 3 N–H and O–H groups in total. The van der Waals surface area contributed by atoms with Crippen molar-refractivity contribution in [2.45, 2.75) is 32.4 Å². The molecule has 6 heteroatoms. The smallest absolute Gasteiger partial charge is 0.316 e. The average molecular weight is 323 g/mol. The van der Waals surface area contributed by atoms with Gasteiger partial charge in [0.05, 0.1) is 0 Å². The zero-order chi connectivity index (χ0) is 17.2. The number of urea groups is 1. The fourth-order valence-electron chi connectivity index (χ4n) is 1.89. The normalized spacial score (nSPS) is 12.1. The second-order valence-electron chi connectivity index (χ2n) is 6.05. The second-order valence-corrected chi connectivity index (χ2v) is 6.05. The topological polar surface area (TPSA) is 73.8 Å². The number of carbonyl (C=O) groups excluding carboxylic acids is 1. The molecule has 0 aliphatic rings. The Morgan fingerprint density at radius 1 is 1.35 bits per heavy atom. The van der Waals surface area contributed by atoms with Gasteiger partial charge in [0.1, 0.15) is 18.5 Å². The molecule has 23 heavy (non-hydrogen) atoms. The first kappa shape index (κ1) is 19.3. The summed E-state index contributed by atoms with van der Waals surface area (Å²) in [7, 11) is 3.42. The van der Waals surface area contributed by atoms with Crippen molar-refractivity contribution in [3.63, 3.8) is 0 Å². The third-order valence-corrected chi connectivity index (χ3v) is 3.20. The lowest BCUT2D eigenvalue weighted by Crippen LogP contribution is -2.35. The highest BCUT2D eigenvalue weighted by Crippen LogP contribution is 2.14. The van der Waals surface area contributed by atoms with E-state index in [1.807, 2.05) is 38.1 Å². The standard InChI is InChI=1S/C17H29N3O3/c1-13(2)19-11-15(21)12-23-16-7-5-6-14(10-16)8-9-18-17(22)20(3)4/h5-7,10,13,15,19,21H,8-9,11-12H2,1-4H3,(H,18,22). The molecule has 130 valence electrons. The monoisotopic (exact) mass is 323 g/mol. The Labute approximate surface area is 138 Å². The fourth-order valence-corrected chi connectivity index (χ4v) is 1.89. The summed E-state index contributed by atoms with van der Waals surface area (Å²) < 4.78 is 5.62. The number of hydrogen-bond donors (Lipinski definition) is 3. The predicted molar refractivity (Wildman–Crippen MR) is 91.9 cm³/mol. The molecule has 1 aromatic carbocycles. The van der Waals surface area contributed by atoms with Gasteiger partial charge in [0.2, 0.25) is 0 Å². The third-order valence-electron chi connectivity index (χ3n) is 3.20. The maximum atomic E-state index is 11.4. The Balaban J connectivity index is 2.36. The van der Waals surface area contributed by atoms with Crippen molar-refractivity contribution in [3.05, 3.63) is 29.8 Å². The largest absolute Gasteiger partial charge is 0.491 e. The van der Waals surface area contributed by atoms with Gasteiger partial charge in [-0.25, -0.2) is 4.79 Å². The fraction of sp³-hybridized carbons (Fsp3) is 0.588. The van der Waals surface area contributed by atoms with Crippen molar-refractivity contribution < 1.29 is 14.6 Å². The summed E-state index contributed by atoms with van der Waals surface area (Å²) in [5.74, 6) is 0.727. The molecule has 0 saturated heterocycles. The number of carbonyl (C=O) groups is 1. The molecule has 0 aliphatic carbocycles. The van der Waals surface area contributed by atoms with Crippen molar-refractivity contribution in [2.75, 3.05) is 33.8 Å². The number of hydrogen-bond acceptors (Lipinski definition) is 4. The number of aliphatic hydroxyl groups excluding tert-OH is 1. The number of rotatable bonds is 9. The van der Waals surface area contributed by atoms with E-state index >= 15 is 0 Å². The molecule has 0 radical (unpaired) electrons. The van der Waals surface area contributed by atoms with Crippen LogP contribution in [0.3, 0.4) is 0 Å². The summed E-state index contributed by atoms with van der Waals surface area (Å²) in [6.45, 7) is 5.40. The van der Waals surface area contributed by atoms with Gasteiger partial charge in [-0.3, -0.25) is 0 Å². The average Bonchev–Trinajstić information content (AvgIpc) is 2.51. The number of benzene rings is 1. The Hall–Kier alpha value is -1.79. The predicted octanol–water partition coefficient (Wildman–Crippen LogP) is 1.24. The van der Waals surface area contributed by atoms with E-state index in [1.165, 1.54) is 4.90 Å². The summed E-state index contributed by atoms with van der Waals surface area (Å²) in [5.41, 5.74) is 1.08. The highest BCUT2D eigenvalue weighted by molar-refractivity contribution is 5.73. The Kier molecular flexibility index (Phi) is 8.43. The molecule has 1 unspecified atom stereocenters. The van der Waals surface area contributed by atoms with E-state index in [1.54, 1.807) is 14.1 Å². The Bertz CT molecular complexity index is 478. The first-order valence-corrected chi connectivity index (χ1v) is 7.97. The van der Waals surface area contributed by atoms with Crippen LogP contribution < -0.4 is 15.4 Å². The van der Waals surface area contributed by atoms with E-state index < -0.39 is 6.10 Å². The van der Waals surface area contributed by atoms with Gasteiger partial charge >= 0.3 is 6.03 Å². The SMILES string of the molecule is CC(C)NCC(O)COc1cccc(CCNC(=O)N(C)C)c1. The van der Waals surface area contributed by atoms with E-state index in [2.05, 4.69) is 10.6 Å². The Morgan fingerprint density at radius 3 is 2.74 bits per heavy atom. The van der Waals surface area contributed by atoms with Crippen molar-refractivity contribution in [3.8, 4) is 5.75 Å². The van der Waals surface area contributed by atoms with Crippen molar-refractivity contribution in [1.82, 2.24) is 15.5 Å². The van der Waals surface area contributed by atoms with E-state index in [-0.39, 0.29) is 12.6 Å². The molecule has 1 atom stereocenters. The maximum Gasteiger partial charge on any atom is 0.316 e. The van der Waals surface area contributed by atoms with Gasteiger partial charge in [-0.15, -0.1) is 0 Å². The third kappa shape index (κ3) is 8.42. The molecule has 1 aromatic rings. The van der Waals surface area contributed by atoms with E-state index in [0.29, 0.717) is 19.1 Å². The number of aliphatic hydroxyl groups is 1. The van der Waals surface area contributed by atoms with E-state index in [9.17, 15) is 9.90 Å². The lowest BCUT2D eigenvalue weighted by atomic mass is 10.1. The lowest BCUT2D eigenvalue weighted by molar-refractivity contribution is 0.104. The van der Waals surface area contributed by atoms with Gasteiger partial charge in [-0.05, 0) is 24.1 Å². The molecule has 1 rings (SSSR count). The van der Waals surface area contributed by atoms with Crippen molar-refractivity contribution in [2.24, 2.45) is 0 Å². The molecule has 0 spiro atoms. The van der Waals surface area contributed by atoms with Gasteiger partial charge < -0.3 is 25.4 Å². The molecule has 6 nitrogen and oxygen atoms in total. The van der Waals surface area contributed by atoms with Crippen LogP contribution in [0.2, 0.25) is 0 Å². The van der Waals surface area contributed by atoms with Gasteiger partial charge in [0, 0.05) is 33.2 Å². The quantitative estimate of drug-likeness (QED) is 0.639. The summed E-state index contributed by atoms with van der Waals surface area (Å²) in [6, 6.07) is 7.95. The molecular weight excluding hydrogens is 294 g/mol. The summed E-state index contributed by atoms with van der Waals surface area (Å²) in [4.78, 5) is 12.9. The molecule has 0 saturated carbocycles. The van der Waals surface area contributed by atoms with Gasteiger partial charge in [-0.2, -0.15) is 0 Å². The highest BCUT2D eigenvalue weighted by Gasteiger charge is 2.07. The van der Waals surface area contributed by atoms with Gasteiger partial charge in [0.15, 0.2) is 0 Å². The minimum Gasteiger partial charge on any atom is -0.491 e. The number of amides is 2. The van der Waals surface area contributed by atoms with Crippen molar-refractivity contribution >= 4 is 6.03 Å². The van der Waals surface area contributed by atoms with Gasteiger partial charge in [-0.1, -0.05) is 26.0 Å². The number of nitrogens with one attached hydrogen (secondary N) is 2. The van der Waals surface area contributed by atoms with Crippen LogP contribution in [-0.4, -0.2) is 62.0 Å². The minimum absolute atomic E-state index is 0.0989. The molecule has 0 aromatic heterocycles. The van der Waals surface area contributed by atoms with Crippen LogP contribution in [0.4, 0.5) is 4.79 Å². The van der Waals surface area contributed by atoms with Crippen LogP contribution in [0.5, 0.6) is 5.75 Å². The van der Waals surface area contributed by atoms with E-state index in [0.717, 1.165) is 17.7 Å². The minimum atomic E-state index is -0.541. The zero-order valence-corrected chi connectivity index (χ0v) is 14.5. The van der Waals surface area contributed by atoms with Crippen LogP contribution in [0, 0.1) is 0 Å². The lowest BCUT2D eigenvalue weighted by Gasteiger charge is -2.15.